The standard InChI is InChI=1S/C24H19FO3/c1-3-27-24(26)22-20-14-19(16-7-5-4-6-8-16)15(2)13-21(20)28-23(22)17-9-11-18(25)12-10-17/h4-14H,3H2,1-2H3. The SMILES string of the molecule is CCOC(=O)c1c(-c2ccc(F)cc2)oc2cc(C)c(-c3ccccc3)cc12. The van der Waals surface area contributed by atoms with E-state index in [0.29, 0.717) is 27.9 Å². The summed E-state index contributed by atoms with van der Waals surface area (Å²) < 4.78 is 24.7. The van der Waals surface area contributed by atoms with Crippen LogP contribution in [0.2, 0.25) is 0 Å². The van der Waals surface area contributed by atoms with Crippen LogP contribution < -0.4 is 0 Å². The summed E-state index contributed by atoms with van der Waals surface area (Å²) in [6.07, 6.45) is 0. The molecule has 0 fully saturated rings. The Kier molecular flexibility index (Phi) is 4.70. The van der Waals surface area contributed by atoms with Crippen LogP contribution in [0.5, 0.6) is 0 Å². The third kappa shape index (κ3) is 3.18. The van der Waals surface area contributed by atoms with Gasteiger partial charge in [0.1, 0.15) is 22.7 Å². The molecule has 0 aliphatic heterocycles. The zero-order valence-electron chi connectivity index (χ0n) is 15.7. The van der Waals surface area contributed by atoms with Gasteiger partial charge in [-0.05, 0) is 66.9 Å². The predicted octanol–water partition coefficient (Wildman–Crippen LogP) is 6.39. The maximum Gasteiger partial charge on any atom is 0.342 e. The minimum atomic E-state index is -0.455. The van der Waals surface area contributed by atoms with Crippen molar-refractivity contribution in [1.29, 1.82) is 0 Å². The summed E-state index contributed by atoms with van der Waals surface area (Å²) in [7, 11) is 0. The van der Waals surface area contributed by atoms with Gasteiger partial charge in [-0.1, -0.05) is 30.3 Å². The molecule has 0 aliphatic carbocycles. The smallest absolute Gasteiger partial charge is 0.342 e. The Balaban J connectivity index is 1.98. The number of halogens is 1. The fourth-order valence-corrected chi connectivity index (χ4v) is 3.38. The van der Waals surface area contributed by atoms with Crippen LogP contribution in [-0.4, -0.2) is 12.6 Å². The molecule has 3 aromatic carbocycles. The number of esters is 1. The minimum absolute atomic E-state index is 0.256. The van der Waals surface area contributed by atoms with E-state index in [1.807, 2.05) is 49.4 Å². The summed E-state index contributed by atoms with van der Waals surface area (Å²) in [5, 5.41) is 0.683. The van der Waals surface area contributed by atoms with E-state index in [0.717, 1.165) is 16.7 Å². The summed E-state index contributed by atoms with van der Waals surface area (Å²) in [5.41, 5.74) is 4.69. The molecule has 0 amide bonds. The van der Waals surface area contributed by atoms with E-state index < -0.39 is 5.97 Å². The monoisotopic (exact) mass is 374 g/mol. The topological polar surface area (TPSA) is 39.4 Å². The van der Waals surface area contributed by atoms with Crippen molar-refractivity contribution in [1.82, 2.24) is 0 Å². The molecule has 3 nitrogen and oxygen atoms in total. The first-order valence-corrected chi connectivity index (χ1v) is 9.14. The predicted molar refractivity (Wildman–Crippen MR) is 108 cm³/mol. The Bertz CT molecular complexity index is 1140. The molecule has 4 rings (SSSR count). The van der Waals surface area contributed by atoms with Gasteiger partial charge in [-0.3, -0.25) is 0 Å². The molecule has 0 aliphatic rings. The van der Waals surface area contributed by atoms with Crippen molar-refractivity contribution < 1.29 is 18.3 Å². The molecule has 1 heterocycles. The molecular weight excluding hydrogens is 355 g/mol. The van der Waals surface area contributed by atoms with Gasteiger partial charge in [0.25, 0.3) is 0 Å². The lowest BCUT2D eigenvalue weighted by molar-refractivity contribution is 0.0529. The Morgan fingerprint density at radius 2 is 1.71 bits per heavy atom. The number of fused-ring (bicyclic) bond motifs is 1. The molecule has 4 heteroatoms. The zero-order valence-corrected chi connectivity index (χ0v) is 15.7. The Morgan fingerprint density at radius 3 is 2.39 bits per heavy atom. The van der Waals surface area contributed by atoms with Gasteiger partial charge < -0.3 is 9.15 Å². The molecule has 0 atom stereocenters. The van der Waals surface area contributed by atoms with E-state index in [1.165, 1.54) is 12.1 Å². The van der Waals surface area contributed by atoms with Gasteiger partial charge in [-0.2, -0.15) is 0 Å². The highest BCUT2D eigenvalue weighted by molar-refractivity contribution is 6.10. The van der Waals surface area contributed by atoms with E-state index in [2.05, 4.69) is 0 Å². The molecule has 0 saturated heterocycles. The van der Waals surface area contributed by atoms with Crippen LogP contribution in [0.1, 0.15) is 22.8 Å². The second-order valence-electron chi connectivity index (χ2n) is 6.56. The van der Waals surface area contributed by atoms with E-state index in [4.69, 9.17) is 9.15 Å². The number of carbonyl (C=O) groups excluding carboxylic acids is 1. The molecule has 0 bridgehead atoms. The molecule has 140 valence electrons. The first kappa shape index (κ1) is 18.0. The first-order valence-electron chi connectivity index (χ1n) is 9.14. The third-order valence-electron chi connectivity index (χ3n) is 4.71. The quantitative estimate of drug-likeness (QED) is 0.389. The highest BCUT2D eigenvalue weighted by Crippen LogP contribution is 2.38. The summed E-state index contributed by atoms with van der Waals surface area (Å²) in [5.74, 6) is -0.416. The number of ether oxygens (including phenoxy) is 1. The maximum absolute atomic E-state index is 13.4. The summed E-state index contributed by atoms with van der Waals surface area (Å²) in [4.78, 5) is 12.8. The van der Waals surface area contributed by atoms with E-state index >= 15 is 0 Å². The van der Waals surface area contributed by atoms with Crippen LogP contribution in [0.3, 0.4) is 0 Å². The number of hydrogen-bond acceptors (Lipinski definition) is 3. The molecule has 0 spiro atoms. The van der Waals surface area contributed by atoms with Crippen molar-refractivity contribution in [3.8, 4) is 22.5 Å². The summed E-state index contributed by atoms with van der Waals surface area (Å²) >= 11 is 0. The fraction of sp³-hybridized carbons (Fsp3) is 0.125. The lowest BCUT2D eigenvalue weighted by atomic mass is 9.97. The second-order valence-corrected chi connectivity index (χ2v) is 6.56. The molecule has 1 aromatic heterocycles. The lowest BCUT2D eigenvalue weighted by Gasteiger charge is -2.07. The summed E-state index contributed by atoms with van der Waals surface area (Å²) in [6, 6.07) is 19.7. The third-order valence-corrected chi connectivity index (χ3v) is 4.71. The average molecular weight is 374 g/mol. The van der Waals surface area contributed by atoms with Gasteiger partial charge in [0.2, 0.25) is 0 Å². The van der Waals surface area contributed by atoms with Crippen LogP contribution in [0.25, 0.3) is 33.4 Å². The van der Waals surface area contributed by atoms with Crippen molar-refractivity contribution in [2.45, 2.75) is 13.8 Å². The first-order chi connectivity index (χ1) is 13.6. The number of furan rings is 1. The van der Waals surface area contributed by atoms with Gasteiger partial charge in [0, 0.05) is 10.9 Å². The van der Waals surface area contributed by atoms with Gasteiger partial charge in [0.15, 0.2) is 0 Å². The summed E-state index contributed by atoms with van der Waals surface area (Å²) in [6.45, 7) is 4.02. The van der Waals surface area contributed by atoms with Crippen LogP contribution in [0, 0.1) is 12.7 Å². The van der Waals surface area contributed by atoms with Crippen molar-refractivity contribution in [2.24, 2.45) is 0 Å². The van der Waals surface area contributed by atoms with Crippen LogP contribution in [-0.2, 0) is 4.74 Å². The molecule has 0 radical (unpaired) electrons. The van der Waals surface area contributed by atoms with Gasteiger partial charge in [0.05, 0.1) is 6.61 Å². The number of carbonyl (C=O) groups is 1. The van der Waals surface area contributed by atoms with Crippen molar-refractivity contribution in [3.05, 3.63) is 83.7 Å². The van der Waals surface area contributed by atoms with Crippen molar-refractivity contribution in [2.75, 3.05) is 6.61 Å². The van der Waals surface area contributed by atoms with Gasteiger partial charge in [-0.25, -0.2) is 9.18 Å². The average Bonchev–Trinajstić information content (AvgIpc) is 3.07. The largest absolute Gasteiger partial charge is 0.462 e. The zero-order chi connectivity index (χ0) is 19.7. The van der Waals surface area contributed by atoms with Gasteiger partial charge >= 0.3 is 5.97 Å². The Hall–Kier alpha value is -3.40. The molecule has 0 unspecified atom stereocenters. The fourth-order valence-electron chi connectivity index (χ4n) is 3.38. The molecule has 0 saturated carbocycles. The number of benzene rings is 3. The Morgan fingerprint density at radius 1 is 1.00 bits per heavy atom. The second kappa shape index (κ2) is 7.31. The Labute approximate surface area is 162 Å². The highest BCUT2D eigenvalue weighted by atomic mass is 19.1. The van der Waals surface area contributed by atoms with Crippen molar-refractivity contribution >= 4 is 16.9 Å². The van der Waals surface area contributed by atoms with E-state index in [1.54, 1.807) is 19.1 Å². The normalized spacial score (nSPS) is 11.0. The van der Waals surface area contributed by atoms with Gasteiger partial charge in [-0.15, -0.1) is 0 Å². The lowest BCUT2D eigenvalue weighted by Crippen LogP contribution is -2.05. The van der Waals surface area contributed by atoms with Crippen LogP contribution in [0.15, 0.2) is 71.1 Å². The molecule has 4 aromatic rings. The molecule has 28 heavy (non-hydrogen) atoms. The van der Waals surface area contributed by atoms with Crippen LogP contribution in [0.4, 0.5) is 4.39 Å². The molecular formula is C24H19FO3. The number of rotatable bonds is 4. The number of hydrogen-bond donors (Lipinski definition) is 0. The minimum Gasteiger partial charge on any atom is -0.462 e. The van der Waals surface area contributed by atoms with Crippen molar-refractivity contribution in [3.63, 3.8) is 0 Å². The van der Waals surface area contributed by atoms with E-state index in [-0.39, 0.29) is 12.4 Å². The number of aryl methyl sites for hydroxylation is 1. The molecule has 0 N–H and O–H groups in total. The van der Waals surface area contributed by atoms with Crippen LogP contribution >= 0.6 is 0 Å². The maximum atomic E-state index is 13.4. The van der Waals surface area contributed by atoms with E-state index in [9.17, 15) is 9.18 Å². The highest BCUT2D eigenvalue weighted by Gasteiger charge is 2.24.